The summed E-state index contributed by atoms with van der Waals surface area (Å²) in [5.74, 6) is -0.941. The zero-order valence-electron chi connectivity index (χ0n) is 9.53. The summed E-state index contributed by atoms with van der Waals surface area (Å²) in [4.78, 5) is 0. The van der Waals surface area contributed by atoms with E-state index in [1.165, 1.54) is 0 Å². The minimum absolute atomic E-state index is 0.0107. The molecule has 17 heavy (non-hydrogen) atoms. The molecule has 0 aliphatic carbocycles. The van der Waals surface area contributed by atoms with Gasteiger partial charge in [-0.25, -0.2) is 4.39 Å². The number of rotatable bonds is 3. The van der Waals surface area contributed by atoms with Gasteiger partial charge in [0.2, 0.25) is 0 Å². The lowest BCUT2D eigenvalue weighted by atomic mass is 10.1. The van der Waals surface area contributed by atoms with Crippen molar-refractivity contribution >= 4 is 5.69 Å². The van der Waals surface area contributed by atoms with Gasteiger partial charge in [0.05, 0.1) is 11.3 Å². The van der Waals surface area contributed by atoms with E-state index >= 15 is 0 Å². The van der Waals surface area contributed by atoms with Crippen LogP contribution >= 0.6 is 0 Å². The second-order valence-corrected chi connectivity index (χ2v) is 4.53. The van der Waals surface area contributed by atoms with Crippen molar-refractivity contribution < 1.29 is 17.6 Å². The fourth-order valence-electron chi connectivity index (χ4n) is 1.16. The zero-order chi connectivity index (χ0) is 13.3. The Morgan fingerprint density at radius 3 is 2.24 bits per heavy atom. The van der Waals surface area contributed by atoms with Crippen molar-refractivity contribution in [2.75, 3.05) is 11.9 Å². The predicted octanol–water partition coefficient (Wildman–Crippen LogP) is 2.99. The van der Waals surface area contributed by atoms with Gasteiger partial charge in [-0.2, -0.15) is 13.2 Å². The molecule has 3 N–H and O–H groups in total. The molecule has 0 heterocycles. The van der Waals surface area contributed by atoms with Crippen molar-refractivity contribution in [1.82, 2.24) is 0 Å². The fraction of sp³-hybridized carbons (Fsp3) is 0.455. The first-order valence-electron chi connectivity index (χ1n) is 4.99. The van der Waals surface area contributed by atoms with E-state index in [0.717, 1.165) is 12.1 Å². The van der Waals surface area contributed by atoms with Crippen LogP contribution in [0.5, 0.6) is 0 Å². The second kappa shape index (κ2) is 4.52. The summed E-state index contributed by atoms with van der Waals surface area (Å²) in [6, 6.07) is 2.35. The molecule has 0 amide bonds. The maximum atomic E-state index is 13.4. The van der Waals surface area contributed by atoms with Crippen molar-refractivity contribution in [3.05, 3.63) is 29.6 Å². The Morgan fingerprint density at radius 1 is 1.24 bits per heavy atom. The lowest BCUT2D eigenvalue weighted by Crippen LogP contribution is -2.39. The van der Waals surface area contributed by atoms with Crippen LogP contribution in [0.4, 0.5) is 23.2 Å². The summed E-state index contributed by atoms with van der Waals surface area (Å²) < 4.78 is 50.2. The molecule has 0 spiro atoms. The summed E-state index contributed by atoms with van der Waals surface area (Å²) in [5, 5.41) is 2.66. The minimum Gasteiger partial charge on any atom is -0.381 e. The van der Waals surface area contributed by atoms with Crippen LogP contribution < -0.4 is 11.1 Å². The lowest BCUT2D eigenvalue weighted by Gasteiger charge is -2.20. The van der Waals surface area contributed by atoms with Gasteiger partial charge in [0.15, 0.2) is 0 Å². The molecule has 1 aromatic rings. The third kappa shape index (κ3) is 4.22. The largest absolute Gasteiger partial charge is 0.416 e. The van der Waals surface area contributed by atoms with Crippen molar-refractivity contribution in [2.24, 2.45) is 5.73 Å². The van der Waals surface area contributed by atoms with Crippen molar-refractivity contribution in [3.8, 4) is 0 Å². The summed E-state index contributed by atoms with van der Waals surface area (Å²) in [7, 11) is 0. The molecule has 0 saturated carbocycles. The van der Waals surface area contributed by atoms with Crippen molar-refractivity contribution in [2.45, 2.75) is 25.6 Å². The number of hydrogen-bond acceptors (Lipinski definition) is 2. The normalized spacial score (nSPS) is 12.6. The van der Waals surface area contributed by atoms with E-state index in [1.54, 1.807) is 13.8 Å². The first kappa shape index (κ1) is 13.8. The van der Waals surface area contributed by atoms with Crippen LogP contribution in [0.25, 0.3) is 0 Å². The number of nitrogens with two attached hydrogens (primary N) is 1. The smallest absolute Gasteiger partial charge is 0.381 e. The Bertz CT molecular complexity index is 393. The number of halogens is 4. The molecule has 0 aliphatic rings. The van der Waals surface area contributed by atoms with Gasteiger partial charge < -0.3 is 11.1 Å². The highest BCUT2D eigenvalue weighted by molar-refractivity contribution is 5.47. The lowest BCUT2D eigenvalue weighted by molar-refractivity contribution is -0.137. The molecule has 0 saturated heterocycles. The third-order valence-corrected chi connectivity index (χ3v) is 2.03. The van der Waals surface area contributed by atoms with Gasteiger partial charge in [0, 0.05) is 12.1 Å². The Kier molecular flexibility index (Phi) is 3.66. The molecular formula is C11H14F4N2. The molecule has 0 aromatic heterocycles. The first-order valence-corrected chi connectivity index (χ1v) is 4.99. The van der Waals surface area contributed by atoms with Gasteiger partial charge >= 0.3 is 6.18 Å². The topological polar surface area (TPSA) is 38.0 Å². The summed E-state index contributed by atoms with van der Waals surface area (Å²) in [6.07, 6.45) is -4.54. The third-order valence-electron chi connectivity index (χ3n) is 2.03. The van der Waals surface area contributed by atoms with E-state index in [1.807, 2.05) is 0 Å². The Balaban J connectivity index is 2.84. The quantitative estimate of drug-likeness (QED) is 0.809. The van der Waals surface area contributed by atoms with Gasteiger partial charge in [0.1, 0.15) is 5.82 Å². The minimum atomic E-state index is -4.54. The SMILES string of the molecule is CC(C)(N)CNc1ccc(C(F)(F)F)cc1F. The van der Waals surface area contributed by atoms with E-state index < -0.39 is 23.1 Å². The summed E-state index contributed by atoms with van der Waals surface area (Å²) in [6.45, 7) is 3.71. The molecule has 0 atom stereocenters. The van der Waals surface area contributed by atoms with E-state index in [0.29, 0.717) is 6.07 Å². The molecule has 0 aliphatic heterocycles. The molecule has 0 unspecified atom stereocenters. The van der Waals surface area contributed by atoms with Crippen LogP contribution in [0.1, 0.15) is 19.4 Å². The summed E-state index contributed by atoms with van der Waals surface area (Å²) in [5.41, 5.74) is 4.10. The van der Waals surface area contributed by atoms with Crippen LogP contribution in [-0.4, -0.2) is 12.1 Å². The van der Waals surface area contributed by atoms with Gasteiger partial charge in [-0.15, -0.1) is 0 Å². The molecule has 2 nitrogen and oxygen atoms in total. The molecular weight excluding hydrogens is 236 g/mol. The molecule has 96 valence electrons. The van der Waals surface area contributed by atoms with Crippen molar-refractivity contribution in [3.63, 3.8) is 0 Å². The molecule has 1 rings (SSSR count). The zero-order valence-corrected chi connectivity index (χ0v) is 9.53. The maximum absolute atomic E-state index is 13.4. The highest BCUT2D eigenvalue weighted by atomic mass is 19.4. The van der Waals surface area contributed by atoms with Crippen LogP contribution in [0.15, 0.2) is 18.2 Å². The predicted molar refractivity (Wildman–Crippen MR) is 58.2 cm³/mol. The average molecular weight is 250 g/mol. The Labute approximate surface area is 96.8 Å². The molecule has 0 radical (unpaired) electrons. The van der Waals surface area contributed by atoms with E-state index in [4.69, 9.17) is 5.73 Å². The molecule has 0 bridgehead atoms. The number of benzene rings is 1. The average Bonchev–Trinajstić information content (AvgIpc) is 2.12. The van der Waals surface area contributed by atoms with Crippen molar-refractivity contribution in [1.29, 1.82) is 0 Å². The second-order valence-electron chi connectivity index (χ2n) is 4.53. The van der Waals surface area contributed by atoms with Crippen LogP contribution in [-0.2, 0) is 6.18 Å². The number of alkyl halides is 3. The van der Waals surface area contributed by atoms with Crippen LogP contribution in [0, 0.1) is 5.82 Å². The molecule has 6 heteroatoms. The van der Waals surface area contributed by atoms with Crippen LogP contribution in [0.2, 0.25) is 0 Å². The van der Waals surface area contributed by atoms with E-state index in [9.17, 15) is 17.6 Å². The van der Waals surface area contributed by atoms with Gasteiger partial charge in [0.25, 0.3) is 0 Å². The number of hydrogen-bond donors (Lipinski definition) is 2. The molecule has 0 fully saturated rings. The van der Waals surface area contributed by atoms with E-state index in [-0.39, 0.29) is 12.2 Å². The number of nitrogens with one attached hydrogen (secondary N) is 1. The Morgan fingerprint density at radius 2 is 1.82 bits per heavy atom. The summed E-state index contributed by atoms with van der Waals surface area (Å²) >= 11 is 0. The maximum Gasteiger partial charge on any atom is 0.416 e. The molecule has 1 aromatic carbocycles. The standard InChI is InChI=1S/C11H14F4N2/c1-10(2,16)6-17-9-4-3-7(5-8(9)12)11(13,14)15/h3-5,17H,6,16H2,1-2H3. The highest BCUT2D eigenvalue weighted by Crippen LogP contribution is 2.31. The van der Waals surface area contributed by atoms with Gasteiger partial charge in [-0.3, -0.25) is 0 Å². The Hall–Kier alpha value is -1.30. The fourth-order valence-corrected chi connectivity index (χ4v) is 1.16. The monoisotopic (exact) mass is 250 g/mol. The van der Waals surface area contributed by atoms with Crippen LogP contribution in [0.3, 0.4) is 0 Å². The number of anilines is 1. The highest BCUT2D eigenvalue weighted by Gasteiger charge is 2.31. The van der Waals surface area contributed by atoms with Gasteiger partial charge in [-0.1, -0.05) is 0 Å². The van der Waals surface area contributed by atoms with Gasteiger partial charge in [-0.05, 0) is 32.0 Å². The first-order chi connectivity index (χ1) is 7.59. The van der Waals surface area contributed by atoms with E-state index in [2.05, 4.69) is 5.32 Å².